The van der Waals surface area contributed by atoms with Gasteiger partial charge >= 0.3 is 0 Å². The molecular weight excluding hydrogens is 454 g/mol. The first-order valence-electron chi connectivity index (χ1n) is 11.3. The lowest BCUT2D eigenvalue weighted by molar-refractivity contribution is -0.139. The van der Waals surface area contributed by atoms with Gasteiger partial charge in [-0.25, -0.2) is 8.42 Å². The summed E-state index contributed by atoms with van der Waals surface area (Å²) in [6, 6.07) is 13.4. The summed E-state index contributed by atoms with van der Waals surface area (Å²) in [6.45, 7) is 9.12. The van der Waals surface area contributed by atoms with Crippen LogP contribution in [0.15, 0.2) is 48.5 Å². The third-order valence-electron chi connectivity index (χ3n) is 5.18. The highest BCUT2D eigenvalue weighted by Gasteiger charge is 2.31. The van der Waals surface area contributed by atoms with E-state index in [2.05, 4.69) is 5.32 Å². The van der Waals surface area contributed by atoms with Crippen molar-refractivity contribution in [1.29, 1.82) is 0 Å². The molecule has 9 heteroatoms. The molecule has 2 amide bonds. The van der Waals surface area contributed by atoms with Gasteiger partial charge in [0.1, 0.15) is 18.3 Å². The maximum atomic E-state index is 13.5. The third-order valence-corrected chi connectivity index (χ3v) is 6.31. The molecule has 2 aromatic carbocycles. The van der Waals surface area contributed by atoms with Crippen LogP contribution in [0, 0.1) is 6.92 Å². The topological polar surface area (TPSA) is 96.0 Å². The smallest absolute Gasteiger partial charge is 0.244 e. The number of hydrogen-bond acceptors (Lipinski definition) is 5. The molecule has 0 aliphatic carbocycles. The molecule has 186 valence electrons. The molecule has 8 nitrogen and oxygen atoms in total. The quantitative estimate of drug-likeness (QED) is 0.523. The summed E-state index contributed by atoms with van der Waals surface area (Å²) in [4.78, 5) is 27.7. The van der Waals surface area contributed by atoms with Crippen molar-refractivity contribution in [2.24, 2.45) is 0 Å². The molecule has 0 spiro atoms. The summed E-state index contributed by atoms with van der Waals surface area (Å²) in [5.41, 5.74) is 2.18. The zero-order valence-electron chi connectivity index (χ0n) is 20.7. The van der Waals surface area contributed by atoms with Crippen molar-refractivity contribution in [2.45, 2.75) is 53.2 Å². The van der Waals surface area contributed by atoms with Gasteiger partial charge in [0, 0.05) is 12.6 Å². The van der Waals surface area contributed by atoms with Gasteiger partial charge in [-0.15, -0.1) is 0 Å². The Bertz CT molecular complexity index is 1080. The zero-order chi connectivity index (χ0) is 25.5. The number of para-hydroxylation sites is 2. The normalized spacial score (nSPS) is 12.2. The zero-order valence-corrected chi connectivity index (χ0v) is 21.6. The maximum absolute atomic E-state index is 13.5. The van der Waals surface area contributed by atoms with Gasteiger partial charge in [-0.2, -0.15) is 0 Å². The van der Waals surface area contributed by atoms with Gasteiger partial charge in [0.15, 0.2) is 0 Å². The van der Waals surface area contributed by atoms with E-state index in [0.29, 0.717) is 12.4 Å². The van der Waals surface area contributed by atoms with Crippen LogP contribution in [-0.4, -0.2) is 56.6 Å². The molecule has 1 atom stereocenters. The second kappa shape index (κ2) is 11.9. The van der Waals surface area contributed by atoms with E-state index in [1.54, 1.807) is 38.1 Å². The minimum Gasteiger partial charge on any atom is -0.492 e. The molecule has 2 aromatic rings. The van der Waals surface area contributed by atoms with Gasteiger partial charge in [-0.3, -0.25) is 13.9 Å². The molecular formula is C25H35N3O5S. The number of anilines is 1. The van der Waals surface area contributed by atoms with Crippen LogP contribution < -0.4 is 14.4 Å². The average molecular weight is 490 g/mol. The van der Waals surface area contributed by atoms with Crippen LogP contribution in [0.2, 0.25) is 0 Å². The molecule has 1 N–H and O–H groups in total. The number of carbonyl (C=O) groups is 2. The lowest BCUT2D eigenvalue weighted by Gasteiger charge is -2.32. The number of amides is 2. The lowest BCUT2D eigenvalue weighted by atomic mass is 10.1. The van der Waals surface area contributed by atoms with Crippen LogP contribution >= 0.6 is 0 Å². The summed E-state index contributed by atoms with van der Waals surface area (Å²) in [6.07, 6.45) is 1.04. The standard InChI is InChI=1S/C25H35N3O5S/c1-7-33-23-11-9-8-10-22(23)28(34(6,31)32)17-24(29)27(20(5)25(30)26-18(2)3)16-21-14-12-19(4)13-15-21/h8-15,18,20H,7,16-17H2,1-6H3,(H,26,30)/t20-/m1/s1. The molecule has 34 heavy (non-hydrogen) atoms. The van der Waals surface area contributed by atoms with Gasteiger partial charge < -0.3 is 15.0 Å². The number of ether oxygens (including phenoxy) is 1. The number of carbonyl (C=O) groups excluding carboxylic acids is 2. The van der Waals surface area contributed by atoms with Crippen molar-refractivity contribution < 1.29 is 22.7 Å². The Labute approximate surface area is 202 Å². The van der Waals surface area contributed by atoms with Crippen LogP contribution in [0.3, 0.4) is 0 Å². The third kappa shape index (κ3) is 7.48. The van der Waals surface area contributed by atoms with Crippen LogP contribution in [-0.2, 0) is 26.2 Å². The highest BCUT2D eigenvalue weighted by molar-refractivity contribution is 7.92. The van der Waals surface area contributed by atoms with Crippen molar-refractivity contribution >= 4 is 27.5 Å². The summed E-state index contributed by atoms with van der Waals surface area (Å²) < 4.78 is 32.0. The molecule has 0 aliphatic heterocycles. The van der Waals surface area contributed by atoms with E-state index in [1.165, 1.54) is 4.90 Å². The summed E-state index contributed by atoms with van der Waals surface area (Å²) in [5.74, 6) is -0.446. The second-order valence-corrected chi connectivity index (χ2v) is 10.4. The fourth-order valence-corrected chi connectivity index (χ4v) is 4.27. The van der Waals surface area contributed by atoms with Crippen LogP contribution in [0.1, 0.15) is 38.8 Å². The van der Waals surface area contributed by atoms with Crippen molar-refractivity contribution in [1.82, 2.24) is 10.2 Å². The Balaban J connectivity index is 2.42. The van der Waals surface area contributed by atoms with Crippen LogP contribution in [0.25, 0.3) is 0 Å². The largest absolute Gasteiger partial charge is 0.492 e. The summed E-state index contributed by atoms with van der Waals surface area (Å²) in [5, 5.41) is 2.83. The first-order valence-corrected chi connectivity index (χ1v) is 13.1. The van der Waals surface area contributed by atoms with Crippen molar-refractivity contribution in [3.8, 4) is 5.75 Å². The van der Waals surface area contributed by atoms with Crippen LogP contribution in [0.4, 0.5) is 5.69 Å². The Morgan fingerprint density at radius 3 is 2.21 bits per heavy atom. The fourth-order valence-electron chi connectivity index (χ4n) is 3.41. The predicted octanol–water partition coefficient (Wildman–Crippen LogP) is 3.10. The average Bonchev–Trinajstić information content (AvgIpc) is 2.76. The van der Waals surface area contributed by atoms with Crippen molar-refractivity contribution in [3.63, 3.8) is 0 Å². The van der Waals surface area contributed by atoms with Gasteiger partial charge in [0.2, 0.25) is 21.8 Å². The number of benzene rings is 2. The first-order chi connectivity index (χ1) is 15.9. The highest BCUT2D eigenvalue weighted by Crippen LogP contribution is 2.30. The molecule has 0 radical (unpaired) electrons. The number of rotatable bonds is 11. The lowest BCUT2D eigenvalue weighted by Crippen LogP contribution is -2.52. The van der Waals surface area contributed by atoms with Crippen molar-refractivity contribution in [2.75, 3.05) is 23.7 Å². The van der Waals surface area contributed by atoms with E-state index in [0.717, 1.165) is 21.7 Å². The molecule has 0 aliphatic rings. The Morgan fingerprint density at radius 1 is 1.03 bits per heavy atom. The predicted molar refractivity (Wildman–Crippen MR) is 134 cm³/mol. The number of sulfonamides is 1. The molecule has 0 aromatic heterocycles. The summed E-state index contributed by atoms with van der Waals surface area (Å²) in [7, 11) is -3.83. The van der Waals surface area contributed by atoms with E-state index in [9.17, 15) is 18.0 Å². The summed E-state index contributed by atoms with van der Waals surface area (Å²) >= 11 is 0. The van der Waals surface area contributed by atoms with E-state index in [-0.39, 0.29) is 24.2 Å². The minimum atomic E-state index is -3.83. The minimum absolute atomic E-state index is 0.100. The molecule has 0 saturated heterocycles. The molecule has 0 unspecified atom stereocenters. The SMILES string of the molecule is CCOc1ccccc1N(CC(=O)N(Cc1ccc(C)cc1)[C@H](C)C(=O)NC(C)C)S(C)(=O)=O. The molecule has 2 rings (SSSR count). The molecule has 0 fully saturated rings. The monoisotopic (exact) mass is 489 g/mol. The second-order valence-electron chi connectivity index (χ2n) is 8.52. The number of nitrogens with zero attached hydrogens (tertiary/aromatic N) is 2. The Morgan fingerprint density at radius 2 is 1.65 bits per heavy atom. The molecule has 0 saturated carbocycles. The van der Waals surface area contributed by atoms with Gasteiger partial charge in [-0.05, 0) is 52.3 Å². The van der Waals surface area contributed by atoms with Crippen molar-refractivity contribution in [3.05, 3.63) is 59.7 Å². The molecule has 0 heterocycles. The highest BCUT2D eigenvalue weighted by atomic mass is 32.2. The fraction of sp³-hybridized carbons (Fsp3) is 0.440. The Hall–Kier alpha value is -3.07. The van der Waals surface area contributed by atoms with E-state index in [4.69, 9.17) is 4.74 Å². The van der Waals surface area contributed by atoms with Crippen LogP contribution in [0.5, 0.6) is 5.75 Å². The van der Waals surface area contributed by atoms with E-state index in [1.807, 2.05) is 45.0 Å². The number of nitrogens with one attached hydrogen (secondary N) is 1. The van der Waals surface area contributed by atoms with E-state index < -0.39 is 28.5 Å². The maximum Gasteiger partial charge on any atom is 0.244 e. The van der Waals surface area contributed by atoms with Gasteiger partial charge in [0.25, 0.3) is 0 Å². The molecule has 0 bridgehead atoms. The van der Waals surface area contributed by atoms with Gasteiger partial charge in [0.05, 0.1) is 18.6 Å². The van der Waals surface area contributed by atoms with Gasteiger partial charge in [-0.1, -0.05) is 42.0 Å². The van der Waals surface area contributed by atoms with E-state index >= 15 is 0 Å². The Kier molecular flexibility index (Phi) is 9.49. The first kappa shape index (κ1) is 27.2. The number of aryl methyl sites for hydroxylation is 1. The number of hydrogen-bond donors (Lipinski definition) is 1.